The summed E-state index contributed by atoms with van der Waals surface area (Å²) in [6.45, 7) is 0.0670. The van der Waals surface area contributed by atoms with E-state index in [1.165, 1.54) is 32.1 Å². The van der Waals surface area contributed by atoms with Crippen LogP contribution in [0, 0.1) is 5.92 Å². The van der Waals surface area contributed by atoms with Crippen molar-refractivity contribution in [1.82, 2.24) is 0 Å². The van der Waals surface area contributed by atoms with Crippen LogP contribution in [0.15, 0.2) is 18.2 Å². The Labute approximate surface area is 125 Å². The first-order chi connectivity index (χ1) is 10.2. The molecule has 1 aromatic rings. The second kappa shape index (κ2) is 6.48. The van der Waals surface area contributed by atoms with Crippen LogP contribution in [0.5, 0.6) is 5.75 Å². The minimum absolute atomic E-state index is 0.0670. The lowest BCUT2D eigenvalue weighted by Crippen LogP contribution is -2.25. The van der Waals surface area contributed by atoms with Crippen molar-refractivity contribution in [3.8, 4) is 5.75 Å². The Morgan fingerprint density at radius 3 is 2.62 bits per heavy atom. The monoisotopic (exact) mass is 289 g/mol. The summed E-state index contributed by atoms with van der Waals surface area (Å²) in [6.07, 6.45) is 7.99. The molecule has 0 aromatic heterocycles. The van der Waals surface area contributed by atoms with Crippen LogP contribution in [0.1, 0.15) is 56.6 Å². The summed E-state index contributed by atoms with van der Waals surface area (Å²) in [4.78, 5) is 11.4. The van der Waals surface area contributed by atoms with E-state index in [0.717, 1.165) is 18.4 Å². The van der Waals surface area contributed by atoms with E-state index in [9.17, 15) is 9.90 Å². The Balaban J connectivity index is 1.75. The first-order valence-electron chi connectivity index (χ1n) is 7.99. The topological polar surface area (TPSA) is 58.6 Å². The molecule has 114 valence electrons. The Morgan fingerprint density at radius 2 is 1.86 bits per heavy atom. The number of nitrogens with one attached hydrogen (secondary N) is 1. The molecular formula is C17H23NO3. The van der Waals surface area contributed by atoms with Crippen molar-refractivity contribution >= 4 is 11.6 Å². The summed E-state index contributed by atoms with van der Waals surface area (Å²) in [6, 6.07) is 5.62. The molecule has 1 unspecified atom stereocenters. The van der Waals surface area contributed by atoms with Crippen LogP contribution in [-0.4, -0.2) is 17.6 Å². The summed E-state index contributed by atoms with van der Waals surface area (Å²) in [7, 11) is 0. The molecule has 1 saturated carbocycles. The standard InChI is InChI=1S/C17H23NO3/c19-16-11-21-15-9-8-13(10-14(15)18-16)17(20)12-6-4-2-1-3-5-7-12/h8-10,12,17,20H,1-7,11H2,(H,18,19). The van der Waals surface area contributed by atoms with Gasteiger partial charge in [-0.25, -0.2) is 0 Å². The number of ether oxygens (including phenoxy) is 1. The number of aliphatic hydroxyl groups is 1. The van der Waals surface area contributed by atoms with Gasteiger partial charge < -0.3 is 15.2 Å². The van der Waals surface area contributed by atoms with Gasteiger partial charge >= 0.3 is 0 Å². The van der Waals surface area contributed by atoms with Gasteiger partial charge in [0.25, 0.3) is 5.91 Å². The molecule has 0 saturated heterocycles. The summed E-state index contributed by atoms with van der Waals surface area (Å²) in [5.74, 6) is 0.867. The Morgan fingerprint density at radius 1 is 1.14 bits per heavy atom. The molecule has 1 heterocycles. The van der Waals surface area contributed by atoms with Gasteiger partial charge in [-0.1, -0.05) is 38.2 Å². The van der Waals surface area contributed by atoms with E-state index >= 15 is 0 Å². The zero-order valence-electron chi connectivity index (χ0n) is 12.3. The molecular weight excluding hydrogens is 266 g/mol. The highest BCUT2D eigenvalue weighted by Crippen LogP contribution is 2.36. The molecule has 1 amide bonds. The van der Waals surface area contributed by atoms with Crippen LogP contribution in [0.2, 0.25) is 0 Å². The molecule has 4 heteroatoms. The van der Waals surface area contributed by atoms with Gasteiger partial charge in [0.2, 0.25) is 0 Å². The number of carbonyl (C=O) groups is 1. The molecule has 1 aliphatic heterocycles. The highest BCUT2D eigenvalue weighted by molar-refractivity contribution is 5.95. The van der Waals surface area contributed by atoms with Gasteiger partial charge in [0.05, 0.1) is 11.8 Å². The lowest BCUT2D eigenvalue weighted by Gasteiger charge is -2.26. The molecule has 1 aromatic carbocycles. The van der Waals surface area contributed by atoms with Crippen molar-refractivity contribution in [2.24, 2.45) is 5.92 Å². The number of aliphatic hydroxyl groups excluding tert-OH is 1. The highest BCUT2D eigenvalue weighted by Gasteiger charge is 2.24. The molecule has 4 nitrogen and oxygen atoms in total. The van der Waals surface area contributed by atoms with Crippen molar-refractivity contribution in [3.63, 3.8) is 0 Å². The fourth-order valence-corrected chi connectivity index (χ4v) is 3.36. The predicted octanol–water partition coefficient (Wildman–Crippen LogP) is 3.41. The summed E-state index contributed by atoms with van der Waals surface area (Å²) in [5, 5.41) is 13.5. The molecule has 1 aliphatic carbocycles. The maximum absolute atomic E-state index is 11.4. The van der Waals surface area contributed by atoms with Crippen molar-refractivity contribution < 1.29 is 14.6 Å². The molecule has 1 fully saturated rings. The van der Waals surface area contributed by atoms with E-state index in [2.05, 4.69) is 5.32 Å². The number of hydrogen-bond donors (Lipinski definition) is 2. The van der Waals surface area contributed by atoms with E-state index < -0.39 is 6.10 Å². The number of fused-ring (bicyclic) bond motifs is 1. The van der Waals surface area contributed by atoms with Gasteiger partial charge in [-0.15, -0.1) is 0 Å². The molecule has 2 aliphatic rings. The number of benzene rings is 1. The van der Waals surface area contributed by atoms with Crippen LogP contribution in [-0.2, 0) is 4.79 Å². The third-order valence-corrected chi connectivity index (χ3v) is 4.57. The zero-order valence-corrected chi connectivity index (χ0v) is 12.3. The highest BCUT2D eigenvalue weighted by atomic mass is 16.5. The van der Waals surface area contributed by atoms with Gasteiger partial charge in [-0.05, 0) is 36.5 Å². The molecule has 0 bridgehead atoms. The van der Waals surface area contributed by atoms with Crippen LogP contribution in [0.25, 0.3) is 0 Å². The average Bonchev–Trinajstić information content (AvgIpc) is 2.45. The summed E-state index contributed by atoms with van der Waals surface area (Å²) >= 11 is 0. The predicted molar refractivity (Wildman–Crippen MR) is 81.3 cm³/mol. The van der Waals surface area contributed by atoms with Crippen LogP contribution >= 0.6 is 0 Å². The zero-order chi connectivity index (χ0) is 14.7. The minimum atomic E-state index is -0.452. The molecule has 2 N–H and O–H groups in total. The van der Waals surface area contributed by atoms with Gasteiger partial charge in [-0.2, -0.15) is 0 Å². The van der Waals surface area contributed by atoms with E-state index in [1.54, 1.807) is 0 Å². The smallest absolute Gasteiger partial charge is 0.262 e. The molecule has 0 radical (unpaired) electrons. The summed E-state index contributed by atoms with van der Waals surface area (Å²) < 4.78 is 5.36. The van der Waals surface area contributed by atoms with Crippen LogP contribution in [0.4, 0.5) is 5.69 Å². The number of carbonyl (C=O) groups excluding carboxylic acids is 1. The van der Waals surface area contributed by atoms with E-state index in [1.807, 2.05) is 18.2 Å². The van der Waals surface area contributed by atoms with Crippen LogP contribution in [0.3, 0.4) is 0 Å². The Kier molecular flexibility index (Phi) is 4.44. The van der Waals surface area contributed by atoms with Crippen molar-refractivity contribution in [3.05, 3.63) is 23.8 Å². The van der Waals surface area contributed by atoms with E-state index in [0.29, 0.717) is 17.4 Å². The average molecular weight is 289 g/mol. The second-order valence-electron chi connectivity index (χ2n) is 6.14. The normalized spacial score (nSPS) is 21.5. The molecule has 3 rings (SSSR count). The Hall–Kier alpha value is -1.55. The molecule has 0 spiro atoms. The summed E-state index contributed by atoms with van der Waals surface area (Å²) in [5.41, 5.74) is 1.55. The van der Waals surface area contributed by atoms with Crippen molar-refractivity contribution in [2.45, 2.75) is 51.0 Å². The van der Waals surface area contributed by atoms with Gasteiger partial charge in [0.1, 0.15) is 5.75 Å². The SMILES string of the molecule is O=C1COc2ccc(C(O)C3CCCCCCC3)cc2N1. The third kappa shape index (κ3) is 3.38. The molecule has 21 heavy (non-hydrogen) atoms. The van der Waals surface area contributed by atoms with Gasteiger partial charge in [0, 0.05) is 0 Å². The first-order valence-corrected chi connectivity index (χ1v) is 7.99. The number of anilines is 1. The van der Waals surface area contributed by atoms with E-state index in [-0.39, 0.29) is 12.5 Å². The number of amides is 1. The van der Waals surface area contributed by atoms with Gasteiger partial charge in [-0.3, -0.25) is 4.79 Å². The quantitative estimate of drug-likeness (QED) is 0.877. The van der Waals surface area contributed by atoms with Crippen LogP contribution < -0.4 is 10.1 Å². The number of hydrogen-bond acceptors (Lipinski definition) is 3. The van der Waals surface area contributed by atoms with Crippen molar-refractivity contribution in [2.75, 3.05) is 11.9 Å². The van der Waals surface area contributed by atoms with Gasteiger partial charge in [0.15, 0.2) is 6.61 Å². The maximum Gasteiger partial charge on any atom is 0.262 e. The third-order valence-electron chi connectivity index (χ3n) is 4.57. The molecule has 1 atom stereocenters. The lowest BCUT2D eigenvalue weighted by molar-refractivity contribution is -0.118. The second-order valence-corrected chi connectivity index (χ2v) is 6.14. The van der Waals surface area contributed by atoms with E-state index in [4.69, 9.17) is 4.74 Å². The fourth-order valence-electron chi connectivity index (χ4n) is 3.36. The lowest BCUT2D eigenvalue weighted by atomic mass is 9.84. The first kappa shape index (κ1) is 14.4. The minimum Gasteiger partial charge on any atom is -0.482 e. The number of rotatable bonds is 2. The Bertz CT molecular complexity index is 507. The largest absolute Gasteiger partial charge is 0.482 e. The fraction of sp³-hybridized carbons (Fsp3) is 0.588. The van der Waals surface area contributed by atoms with Crippen molar-refractivity contribution in [1.29, 1.82) is 0 Å². The maximum atomic E-state index is 11.4.